The lowest BCUT2D eigenvalue weighted by Gasteiger charge is -2.18. The summed E-state index contributed by atoms with van der Waals surface area (Å²) in [5, 5.41) is 12.2. The van der Waals surface area contributed by atoms with Crippen molar-refractivity contribution in [2.45, 2.75) is 45.6 Å². The first-order chi connectivity index (χ1) is 8.22. The van der Waals surface area contributed by atoms with Crippen LogP contribution in [0, 0.1) is 17.1 Å². The van der Waals surface area contributed by atoms with Gasteiger partial charge in [0.15, 0.2) is 0 Å². The number of unbranched alkanes of at least 4 members (excludes halogenated alkanes) is 1. The topological polar surface area (TPSA) is 35.8 Å². The first-order valence-electron chi connectivity index (χ1n) is 6.18. The molecule has 0 radical (unpaired) electrons. The van der Waals surface area contributed by atoms with Crippen molar-refractivity contribution in [3.8, 4) is 6.07 Å². The fourth-order valence-corrected chi connectivity index (χ4v) is 1.81. The summed E-state index contributed by atoms with van der Waals surface area (Å²) in [6.45, 7) is 4.24. The van der Waals surface area contributed by atoms with E-state index < -0.39 is 5.82 Å². The minimum absolute atomic E-state index is 0.113. The minimum Gasteiger partial charge on any atom is -0.381 e. The molecule has 1 unspecified atom stereocenters. The third-order valence-electron chi connectivity index (χ3n) is 2.88. The maximum Gasteiger partial charge on any atom is 0.143 e. The quantitative estimate of drug-likeness (QED) is 0.805. The Kier molecular flexibility index (Phi) is 5.48. The highest BCUT2D eigenvalue weighted by Gasteiger charge is 2.11. The largest absolute Gasteiger partial charge is 0.381 e. The molecule has 0 fully saturated rings. The Balaban J connectivity index is 2.79. The average molecular weight is 234 g/mol. The fraction of sp³-hybridized carbons (Fsp3) is 0.500. The highest BCUT2D eigenvalue weighted by molar-refractivity contribution is 5.58. The van der Waals surface area contributed by atoms with Crippen LogP contribution < -0.4 is 5.32 Å². The lowest BCUT2D eigenvalue weighted by Crippen LogP contribution is -2.19. The SMILES string of the molecule is CCCCC(CC)Nc1cccc(F)c1C#N. The molecule has 1 aromatic carbocycles. The van der Waals surface area contributed by atoms with E-state index in [9.17, 15) is 4.39 Å². The number of nitriles is 1. The normalized spacial score (nSPS) is 11.9. The Morgan fingerprint density at radius 2 is 2.18 bits per heavy atom. The summed E-state index contributed by atoms with van der Waals surface area (Å²) < 4.78 is 13.4. The van der Waals surface area contributed by atoms with Gasteiger partial charge >= 0.3 is 0 Å². The standard InChI is InChI=1S/C14H19FN2/c1-3-5-7-11(4-2)17-14-9-6-8-13(15)12(14)10-16/h6,8-9,11,17H,3-5,7H2,1-2H3. The smallest absolute Gasteiger partial charge is 0.143 e. The third kappa shape index (κ3) is 3.74. The molecule has 0 heterocycles. The van der Waals surface area contributed by atoms with Crippen LogP contribution in [0.2, 0.25) is 0 Å². The number of nitrogens with one attached hydrogen (secondary N) is 1. The Bertz CT molecular complexity index is 396. The van der Waals surface area contributed by atoms with Gasteiger partial charge in [0, 0.05) is 6.04 Å². The van der Waals surface area contributed by atoms with Gasteiger partial charge in [-0.2, -0.15) is 5.26 Å². The van der Waals surface area contributed by atoms with Gasteiger partial charge in [-0.05, 0) is 25.0 Å². The van der Waals surface area contributed by atoms with Crippen LogP contribution >= 0.6 is 0 Å². The van der Waals surface area contributed by atoms with Gasteiger partial charge in [0.25, 0.3) is 0 Å². The summed E-state index contributed by atoms with van der Waals surface area (Å²) in [7, 11) is 0. The van der Waals surface area contributed by atoms with Crippen LogP contribution in [0.4, 0.5) is 10.1 Å². The van der Waals surface area contributed by atoms with Gasteiger partial charge in [0.1, 0.15) is 17.4 Å². The highest BCUT2D eigenvalue weighted by Crippen LogP contribution is 2.20. The molecule has 0 aliphatic carbocycles. The van der Waals surface area contributed by atoms with E-state index in [0.717, 1.165) is 25.7 Å². The van der Waals surface area contributed by atoms with E-state index in [0.29, 0.717) is 11.7 Å². The molecule has 92 valence electrons. The monoisotopic (exact) mass is 234 g/mol. The van der Waals surface area contributed by atoms with Gasteiger partial charge in [0.2, 0.25) is 0 Å². The molecule has 0 aliphatic heterocycles. The molecule has 3 heteroatoms. The predicted octanol–water partition coefficient (Wildman–Crippen LogP) is 4.08. The molecule has 0 amide bonds. The summed E-state index contributed by atoms with van der Waals surface area (Å²) in [5.41, 5.74) is 0.720. The fourth-order valence-electron chi connectivity index (χ4n) is 1.81. The Labute approximate surface area is 102 Å². The predicted molar refractivity (Wildman–Crippen MR) is 68.3 cm³/mol. The Morgan fingerprint density at radius 3 is 2.76 bits per heavy atom. The van der Waals surface area contributed by atoms with Crippen LogP contribution in [0.5, 0.6) is 0 Å². The second-order valence-electron chi connectivity index (χ2n) is 4.17. The van der Waals surface area contributed by atoms with Gasteiger partial charge in [-0.15, -0.1) is 0 Å². The van der Waals surface area contributed by atoms with E-state index >= 15 is 0 Å². The van der Waals surface area contributed by atoms with Crippen molar-refractivity contribution in [1.29, 1.82) is 5.26 Å². The summed E-state index contributed by atoms with van der Waals surface area (Å²) in [5.74, 6) is -0.456. The molecule has 1 N–H and O–H groups in total. The van der Waals surface area contributed by atoms with Gasteiger partial charge in [-0.3, -0.25) is 0 Å². The molecule has 1 aromatic rings. The van der Waals surface area contributed by atoms with Gasteiger partial charge in [-0.1, -0.05) is 32.8 Å². The maximum absolute atomic E-state index is 13.4. The van der Waals surface area contributed by atoms with Crippen molar-refractivity contribution in [1.82, 2.24) is 0 Å². The van der Waals surface area contributed by atoms with Crippen LogP contribution in [0.1, 0.15) is 45.1 Å². The van der Waals surface area contributed by atoms with Crippen molar-refractivity contribution >= 4 is 5.69 Å². The molecule has 2 nitrogen and oxygen atoms in total. The van der Waals surface area contributed by atoms with E-state index in [1.165, 1.54) is 6.07 Å². The van der Waals surface area contributed by atoms with Crippen LogP contribution in [-0.4, -0.2) is 6.04 Å². The molecule has 17 heavy (non-hydrogen) atoms. The minimum atomic E-state index is -0.456. The van der Waals surface area contributed by atoms with Crippen molar-refractivity contribution in [3.05, 3.63) is 29.6 Å². The van der Waals surface area contributed by atoms with Gasteiger partial charge < -0.3 is 5.32 Å². The molecule has 0 saturated carbocycles. The number of halogens is 1. The molecule has 1 rings (SSSR count). The highest BCUT2D eigenvalue weighted by atomic mass is 19.1. The number of anilines is 1. The molecule has 0 spiro atoms. The Morgan fingerprint density at radius 1 is 1.41 bits per heavy atom. The summed E-state index contributed by atoms with van der Waals surface area (Å²) in [6, 6.07) is 6.93. The van der Waals surface area contributed by atoms with Crippen LogP contribution in [0.25, 0.3) is 0 Å². The molecule has 1 atom stereocenters. The van der Waals surface area contributed by atoms with E-state index in [4.69, 9.17) is 5.26 Å². The third-order valence-corrected chi connectivity index (χ3v) is 2.88. The first-order valence-corrected chi connectivity index (χ1v) is 6.18. The van der Waals surface area contributed by atoms with Crippen molar-refractivity contribution in [3.63, 3.8) is 0 Å². The van der Waals surface area contributed by atoms with Crippen LogP contribution in [-0.2, 0) is 0 Å². The summed E-state index contributed by atoms with van der Waals surface area (Å²) >= 11 is 0. The van der Waals surface area contributed by atoms with Crippen LogP contribution in [0.15, 0.2) is 18.2 Å². The maximum atomic E-state index is 13.4. The molecular formula is C14H19FN2. The molecule has 0 bridgehead atoms. The zero-order chi connectivity index (χ0) is 12.7. The summed E-state index contributed by atoms with van der Waals surface area (Å²) in [4.78, 5) is 0. The molecule has 0 saturated heterocycles. The van der Waals surface area contributed by atoms with E-state index in [-0.39, 0.29) is 5.56 Å². The van der Waals surface area contributed by atoms with Gasteiger partial charge in [-0.25, -0.2) is 4.39 Å². The molecular weight excluding hydrogens is 215 g/mol. The van der Waals surface area contributed by atoms with Gasteiger partial charge in [0.05, 0.1) is 5.69 Å². The van der Waals surface area contributed by atoms with E-state index in [2.05, 4.69) is 19.2 Å². The average Bonchev–Trinajstić information content (AvgIpc) is 2.34. The summed E-state index contributed by atoms with van der Waals surface area (Å²) in [6.07, 6.45) is 4.31. The molecule has 0 aliphatic rings. The lowest BCUT2D eigenvalue weighted by atomic mass is 10.1. The van der Waals surface area contributed by atoms with E-state index in [1.807, 2.05) is 6.07 Å². The van der Waals surface area contributed by atoms with Crippen molar-refractivity contribution in [2.24, 2.45) is 0 Å². The zero-order valence-electron chi connectivity index (χ0n) is 10.5. The number of hydrogen-bond acceptors (Lipinski definition) is 2. The Hall–Kier alpha value is -1.56. The molecule has 0 aromatic heterocycles. The first kappa shape index (κ1) is 13.5. The van der Waals surface area contributed by atoms with Crippen LogP contribution in [0.3, 0.4) is 0 Å². The number of hydrogen-bond donors (Lipinski definition) is 1. The van der Waals surface area contributed by atoms with Crippen molar-refractivity contribution in [2.75, 3.05) is 5.32 Å². The van der Waals surface area contributed by atoms with E-state index in [1.54, 1.807) is 12.1 Å². The number of benzene rings is 1. The van der Waals surface area contributed by atoms with Crippen molar-refractivity contribution < 1.29 is 4.39 Å². The number of nitrogens with zero attached hydrogens (tertiary/aromatic N) is 1. The second-order valence-corrected chi connectivity index (χ2v) is 4.17. The number of rotatable bonds is 6. The second kappa shape index (κ2) is 6.90. The lowest BCUT2D eigenvalue weighted by molar-refractivity contribution is 0.590. The zero-order valence-corrected chi connectivity index (χ0v) is 10.5.